The SMILES string of the molecule is O=C(O)c1ccc(-c2ccccc2)c2cc3ccccc3cc12. The van der Waals surface area contributed by atoms with Gasteiger partial charge in [0, 0.05) is 0 Å². The van der Waals surface area contributed by atoms with E-state index in [4.69, 9.17) is 0 Å². The van der Waals surface area contributed by atoms with Crippen molar-refractivity contribution < 1.29 is 9.90 Å². The summed E-state index contributed by atoms with van der Waals surface area (Å²) in [6, 6.07) is 25.7. The Labute approximate surface area is 133 Å². The van der Waals surface area contributed by atoms with Gasteiger partial charge in [0.25, 0.3) is 0 Å². The summed E-state index contributed by atoms with van der Waals surface area (Å²) in [6.07, 6.45) is 0. The Bertz CT molecular complexity index is 1030. The molecule has 0 bridgehead atoms. The third-order valence-electron chi connectivity index (χ3n) is 4.20. The molecule has 0 aliphatic carbocycles. The van der Waals surface area contributed by atoms with Gasteiger partial charge in [0.15, 0.2) is 0 Å². The number of aromatic carboxylic acids is 1. The monoisotopic (exact) mass is 298 g/mol. The molecule has 0 heterocycles. The summed E-state index contributed by atoms with van der Waals surface area (Å²) in [6.45, 7) is 0. The van der Waals surface area contributed by atoms with Gasteiger partial charge in [-0.2, -0.15) is 0 Å². The molecule has 0 radical (unpaired) electrons. The van der Waals surface area contributed by atoms with E-state index in [0.29, 0.717) is 5.56 Å². The van der Waals surface area contributed by atoms with E-state index >= 15 is 0 Å². The fourth-order valence-electron chi connectivity index (χ4n) is 3.09. The predicted molar refractivity (Wildman–Crippen MR) is 93.8 cm³/mol. The highest BCUT2D eigenvalue weighted by Crippen LogP contribution is 2.33. The van der Waals surface area contributed by atoms with Crippen molar-refractivity contribution >= 4 is 27.5 Å². The summed E-state index contributed by atoms with van der Waals surface area (Å²) >= 11 is 0. The molecule has 0 amide bonds. The van der Waals surface area contributed by atoms with Crippen LogP contribution in [0, 0.1) is 0 Å². The number of fused-ring (bicyclic) bond motifs is 2. The van der Waals surface area contributed by atoms with Crippen LogP contribution in [0.5, 0.6) is 0 Å². The fourth-order valence-corrected chi connectivity index (χ4v) is 3.09. The summed E-state index contributed by atoms with van der Waals surface area (Å²) < 4.78 is 0. The number of benzene rings is 4. The Balaban J connectivity index is 2.15. The first-order valence-corrected chi connectivity index (χ1v) is 7.48. The second-order valence-electron chi connectivity index (χ2n) is 5.58. The van der Waals surface area contributed by atoms with Gasteiger partial charge in [-0.05, 0) is 50.9 Å². The average molecular weight is 298 g/mol. The topological polar surface area (TPSA) is 37.3 Å². The summed E-state index contributed by atoms with van der Waals surface area (Å²) in [7, 11) is 0. The van der Waals surface area contributed by atoms with E-state index in [0.717, 1.165) is 32.7 Å². The van der Waals surface area contributed by atoms with Gasteiger partial charge < -0.3 is 5.11 Å². The molecule has 110 valence electrons. The molecule has 0 aliphatic heterocycles. The molecule has 4 aromatic rings. The maximum atomic E-state index is 11.6. The molecule has 0 fully saturated rings. The Morgan fingerprint density at radius 3 is 1.96 bits per heavy atom. The highest BCUT2D eigenvalue weighted by atomic mass is 16.4. The quantitative estimate of drug-likeness (QED) is 0.506. The van der Waals surface area contributed by atoms with Gasteiger partial charge >= 0.3 is 5.97 Å². The van der Waals surface area contributed by atoms with Gasteiger partial charge in [-0.15, -0.1) is 0 Å². The molecule has 23 heavy (non-hydrogen) atoms. The zero-order valence-electron chi connectivity index (χ0n) is 12.4. The Kier molecular flexibility index (Phi) is 3.09. The van der Waals surface area contributed by atoms with Crippen molar-refractivity contribution in [1.82, 2.24) is 0 Å². The molecule has 4 rings (SSSR count). The van der Waals surface area contributed by atoms with Gasteiger partial charge in [0.05, 0.1) is 5.56 Å². The van der Waals surface area contributed by atoms with E-state index in [1.807, 2.05) is 60.7 Å². The highest BCUT2D eigenvalue weighted by molar-refractivity contribution is 6.12. The van der Waals surface area contributed by atoms with Crippen molar-refractivity contribution in [2.75, 3.05) is 0 Å². The van der Waals surface area contributed by atoms with Crippen LogP contribution in [-0.4, -0.2) is 11.1 Å². The molecular weight excluding hydrogens is 284 g/mol. The first-order valence-electron chi connectivity index (χ1n) is 7.48. The van der Waals surface area contributed by atoms with Crippen LogP contribution in [0.2, 0.25) is 0 Å². The van der Waals surface area contributed by atoms with Crippen LogP contribution in [0.1, 0.15) is 10.4 Å². The lowest BCUT2D eigenvalue weighted by molar-refractivity contribution is 0.0699. The standard InChI is InChI=1S/C21H14O2/c22-21(23)18-11-10-17(14-6-2-1-3-7-14)19-12-15-8-4-5-9-16(15)13-20(18)19/h1-13H,(H,22,23). The van der Waals surface area contributed by atoms with Gasteiger partial charge in [-0.3, -0.25) is 0 Å². The lowest BCUT2D eigenvalue weighted by Gasteiger charge is -2.11. The van der Waals surface area contributed by atoms with Gasteiger partial charge in [-0.1, -0.05) is 60.7 Å². The van der Waals surface area contributed by atoms with E-state index in [9.17, 15) is 9.90 Å². The van der Waals surface area contributed by atoms with E-state index in [2.05, 4.69) is 12.1 Å². The molecule has 0 saturated carbocycles. The lowest BCUT2D eigenvalue weighted by atomic mass is 9.93. The van der Waals surface area contributed by atoms with Crippen LogP contribution >= 0.6 is 0 Å². The number of carboxylic acid groups (broad SMARTS) is 1. The van der Waals surface area contributed by atoms with E-state index in [-0.39, 0.29) is 0 Å². The van der Waals surface area contributed by atoms with E-state index in [1.54, 1.807) is 6.07 Å². The number of carboxylic acids is 1. The summed E-state index contributed by atoms with van der Waals surface area (Å²) in [5.74, 6) is -0.898. The zero-order valence-corrected chi connectivity index (χ0v) is 12.4. The second-order valence-corrected chi connectivity index (χ2v) is 5.58. The van der Waals surface area contributed by atoms with E-state index in [1.165, 1.54) is 0 Å². The molecule has 0 aliphatic rings. The molecule has 0 unspecified atom stereocenters. The van der Waals surface area contributed by atoms with Crippen molar-refractivity contribution in [2.45, 2.75) is 0 Å². The molecule has 0 atom stereocenters. The summed E-state index contributed by atoms with van der Waals surface area (Å²) in [4.78, 5) is 11.6. The zero-order chi connectivity index (χ0) is 15.8. The maximum absolute atomic E-state index is 11.6. The Morgan fingerprint density at radius 1 is 0.696 bits per heavy atom. The summed E-state index contributed by atoms with van der Waals surface area (Å²) in [5.41, 5.74) is 2.48. The first kappa shape index (κ1) is 13.5. The molecule has 4 aromatic carbocycles. The smallest absolute Gasteiger partial charge is 0.336 e. The summed E-state index contributed by atoms with van der Waals surface area (Å²) in [5, 5.41) is 13.4. The average Bonchev–Trinajstić information content (AvgIpc) is 2.59. The van der Waals surface area contributed by atoms with Crippen molar-refractivity contribution in [3.05, 3.63) is 84.4 Å². The normalized spacial score (nSPS) is 11.0. The molecule has 0 aromatic heterocycles. The number of hydrogen-bond acceptors (Lipinski definition) is 1. The van der Waals surface area contributed by atoms with Crippen molar-refractivity contribution in [2.24, 2.45) is 0 Å². The van der Waals surface area contributed by atoms with Crippen LogP contribution < -0.4 is 0 Å². The van der Waals surface area contributed by atoms with Gasteiger partial charge in [0.2, 0.25) is 0 Å². The van der Waals surface area contributed by atoms with Crippen LogP contribution in [0.3, 0.4) is 0 Å². The lowest BCUT2D eigenvalue weighted by Crippen LogP contribution is -1.98. The largest absolute Gasteiger partial charge is 0.478 e. The number of hydrogen-bond donors (Lipinski definition) is 1. The Morgan fingerprint density at radius 2 is 1.30 bits per heavy atom. The van der Waals surface area contributed by atoms with Crippen molar-refractivity contribution in [3.63, 3.8) is 0 Å². The molecule has 2 heteroatoms. The fraction of sp³-hybridized carbons (Fsp3) is 0. The molecule has 0 saturated heterocycles. The van der Waals surface area contributed by atoms with Crippen molar-refractivity contribution in [1.29, 1.82) is 0 Å². The van der Waals surface area contributed by atoms with Crippen LogP contribution in [0.15, 0.2) is 78.9 Å². The number of rotatable bonds is 2. The first-order chi connectivity index (χ1) is 11.2. The Hall–Kier alpha value is -3.13. The van der Waals surface area contributed by atoms with Gasteiger partial charge in [0.1, 0.15) is 0 Å². The number of carbonyl (C=O) groups is 1. The third-order valence-corrected chi connectivity index (χ3v) is 4.20. The highest BCUT2D eigenvalue weighted by Gasteiger charge is 2.13. The maximum Gasteiger partial charge on any atom is 0.336 e. The predicted octanol–water partition coefficient (Wildman–Crippen LogP) is 5.36. The van der Waals surface area contributed by atoms with Crippen LogP contribution in [-0.2, 0) is 0 Å². The molecule has 0 spiro atoms. The minimum absolute atomic E-state index is 0.338. The third kappa shape index (κ3) is 2.25. The van der Waals surface area contributed by atoms with Crippen LogP contribution in [0.4, 0.5) is 0 Å². The molecular formula is C21H14O2. The van der Waals surface area contributed by atoms with Gasteiger partial charge in [-0.25, -0.2) is 4.79 Å². The minimum atomic E-state index is -0.898. The van der Waals surface area contributed by atoms with E-state index < -0.39 is 5.97 Å². The molecule has 1 N–H and O–H groups in total. The minimum Gasteiger partial charge on any atom is -0.478 e. The second kappa shape index (κ2) is 5.25. The van der Waals surface area contributed by atoms with Crippen molar-refractivity contribution in [3.8, 4) is 11.1 Å². The van der Waals surface area contributed by atoms with Crippen LogP contribution in [0.25, 0.3) is 32.7 Å². The molecule has 2 nitrogen and oxygen atoms in total.